The molecule has 19 heavy (non-hydrogen) atoms. The minimum absolute atomic E-state index is 0.101. The van der Waals surface area contributed by atoms with Crippen LogP contribution in [0, 0.1) is 11.8 Å². The Balaban J connectivity index is 3.28. The third kappa shape index (κ3) is 3.61. The van der Waals surface area contributed by atoms with Gasteiger partial charge in [-0.1, -0.05) is 62.3 Å². The summed E-state index contributed by atoms with van der Waals surface area (Å²) in [6.45, 7) is 20.4. The van der Waals surface area contributed by atoms with Crippen LogP contribution in [0.5, 0.6) is 0 Å². The van der Waals surface area contributed by atoms with E-state index in [-0.39, 0.29) is 5.41 Å². The van der Waals surface area contributed by atoms with Crippen LogP contribution in [0.15, 0.2) is 0 Å². The molecule has 1 rings (SSSR count). The smallest absolute Gasteiger partial charge is 0.109 e. The Hall–Kier alpha value is -0.790. The van der Waals surface area contributed by atoms with E-state index in [0.717, 1.165) is 5.82 Å². The molecule has 0 amide bonds. The van der Waals surface area contributed by atoms with Gasteiger partial charge in [0.25, 0.3) is 0 Å². The monoisotopic (exact) mass is 264 g/mol. The second-order valence-electron chi connectivity index (χ2n) is 7.70. The largest absolute Gasteiger partial charge is 0.345 e. The minimum atomic E-state index is 0.101. The number of hydrogen-bond acceptors (Lipinski definition) is 1. The third-order valence-electron chi connectivity index (χ3n) is 4.35. The lowest BCUT2D eigenvalue weighted by Gasteiger charge is -2.22. The van der Waals surface area contributed by atoms with E-state index in [1.54, 1.807) is 0 Å². The molecule has 1 aromatic rings. The summed E-state index contributed by atoms with van der Waals surface area (Å²) < 4.78 is 0. The molecule has 2 nitrogen and oxygen atoms in total. The molecular weight excluding hydrogens is 232 g/mol. The molecule has 0 spiro atoms. The maximum Gasteiger partial charge on any atom is 0.109 e. The fraction of sp³-hybridized carbons (Fsp3) is 0.824. The van der Waals surface area contributed by atoms with E-state index in [0.29, 0.717) is 23.7 Å². The van der Waals surface area contributed by atoms with Crippen molar-refractivity contribution >= 4 is 0 Å². The number of nitrogens with one attached hydrogen (secondary N) is 1. The highest BCUT2D eigenvalue weighted by Crippen LogP contribution is 2.34. The van der Waals surface area contributed by atoms with Crippen LogP contribution in [-0.4, -0.2) is 9.97 Å². The molecule has 0 fully saturated rings. The van der Waals surface area contributed by atoms with E-state index in [1.165, 1.54) is 11.4 Å². The van der Waals surface area contributed by atoms with Gasteiger partial charge in [0.05, 0.1) is 5.69 Å². The summed E-state index contributed by atoms with van der Waals surface area (Å²) >= 11 is 0. The average molecular weight is 264 g/mol. The Morgan fingerprint density at radius 3 is 1.68 bits per heavy atom. The number of H-pyrrole nitrogens is 1. The van der Waals surface area contributed by atoms with Crippen molar-refractivity contribution in [1.29, 1.82) is 0 Å². The summed E-state index contributed by atoms with van der Waals surface area (Å²) in [7, 11) is 0. The Morgan fingerprint density at radius 1 is 0.842 bits per heavy atom. The van der Waals surface area contributed by atoms with E-state index in [9.17, 15) is 0 Å². The molecule has 0 aliphatic rings. The molecule has 2 unspecified atom stereocenters. The van der Waals surface area contributed by atoms with Gasteiger partial charge in [-0.15, -0.1) is 0 Å². The van der Waals surface area contributed by atoms with Crippen LogP contribution in [0.3, 0.4) is 0 Å². The number of nitrogens with zero attached hydrogens (tertiary/aromatic N) is 1. The van der Waals surface area contributed by atoms with E-state index in [1.807, 2.05) is 0 Å². The molecule has 0 aliphatic heterocycles. The minimum Gasteiger partial charge on any atom is -0.345 e. The molecule has 2 heteroatoms. The predicted molar refractivity (Wildman–Crippen MR) is 83.8 cm³/mol. The number of aromatic amines is 1. The molecule has 1 heterocycles. The number of hydrogen-bond donors (Lipinski definition) is 1. The Morgan fingerprint density at radius 2 is 1.32 bits per heavy atom. The molecule has 110 valence electrons. The van der Waals surface area contributed by atoms with Gasteiger partial charge in [-0.05, 0) is 11.8 Å². The first-order chi connectivity index (χ1) is 8.55. The zero-order chi connectivity index (χ0) is 15.0. The fourth-order valence-electron chi connectivity index (χ4n) is 2.17. The first-order valence-electron chi connectivity index (χ1n) is 7.66. The Labute approximate surface area is 119 Å². The average Bonchev–Trinajstić information content (AvgIpc) is 2.70. The van der Waals surface area contributed by atoms with Gasteiger partial charge in [0.2, 0.25) is 0 Å². The van der Waals surface area contributed by atoms with Gasteiger partial charge in [0, 0.05) is 22.9 Å². The molecule has 0 saturated heterocycles. The Bertz CT molecular complexity index is 407. The normalized spacial score (nSPS) is 16.2. The van der Waals surface area contributed by atoms with Crippen molar-refractivity contribution in [2.24, 2.45) is 11.8 Å². The maximum atomic E-state index is 4.95. The van der Waals surface area contributed by atoms with Gasteiger partial charge in [0.15, 0.2) is 0 Å². The summed E-state index contributed by atoms with van der Waals surface area (Å²) in [5.74, 6) is 3.40. The van der Waals surface area contributed by atoms with Gasteiger partial charge in [-0.3, -0.25) is 0 Å². The van der Waals surface area contributed by atoms with Crippen LogP contribution in [0.2, 0.25) is 0 Å². The maximum absolute atomic E-state index is 4.95. The summed E-state index contributed by atoms with van der Waals surface area (Å²) in [4.78, 5) is 8.59. The highest BCUT2D eigenvalue weighted by molar-refractivity contribution is 5.26. The van der Waals surface area contributed by atoms with Crippen LogP contribution in [-0.2, 0) is 5.41 Å². The molecular formula is C17H32N2. The van der Waals surface area contributed by atoms with Crippen LogP contribution < -0.4 is 0 Å². The summed E-state index contributed by atoms with van der Waals surface area (Å²) in [6, 6.07) is 0. The van der Waals surface area contributed by atoms with Crippen molar-refractivity contribution in [3.8, 4) is 0 Å². The van der Waals surface area contributed by atoms with Gasteiger partial charge in [-0.25, -0.2) is 4.98 Å². The van der Waals surface area contributed by atoms with Gasteiger partial charge in [0.1, 0.15) is 5.82 Å². The van der Waals surface area contributed by atoms with Crippen LogP contribution in [0.1, 0.15) is 91.4 Å². The number of aromatic nitrogens is 2. The lowest BCUT2D eigenvalue weighted by Crippen LogP contribution is -2.17. The zero-order valence-electron chi connectivity index (χ0n) is 14.3. The molecule has 1 N–H and O–H groups in total. The van der Waals surface area contributed by atoms with E-state index >= 15 is 0 Å². The van der Waals surface area contributed by atoms with E-state index < -0.39 is 0 Å². The zero-order valence-corrected chi connectivity index (χ0v) is 14.3. The van der Waals surface area contributed by atoms with Crippen molar-refractivity contribution in [1.82, 2.24) is 9.97 Å². The summed E-state index contributed by atoms with van der Waals surface area (Å²) in [6.07, 6.45) is 0. The van der Waals surface area contributed by atoms with Crippen molar-refractivity contribution in [3.63, 3.8) is 0 Å². The standard InChI is InChI=1S/C17H32N2/c1-10(2)12(5)14-15(17(7,8)9)19-16(18-14)13(6)11(3)4/h10-13H,1-9H3,(H,18,19). The molecule has 0 aliphatic carbocycles. The first-order valence-corrected chi connectivity index (χ1v) is 7.66. The second-order valence-corrected chi connectivity index (χ2v) is 7.70. The van der Waals surface area contributed by atoms with Crippen molar-refractivity contribution in [3.05, 3.63) is 17.2 Å². The van der Waals surface area contributed by atoms with Crippen molar-refractivity contribution in [2.45, 2.75) is 79.6 Å². The molecule has 0 saturated carbocycles. The van der Waals surface area contributed by atoms with Crippen molar-refractivity contribution < 1.29 is 0 Å². The Kier molecular flexibility index (Phi) is 4.86. The fourth-order valence-corrected chi connectivity index (χ4v) is 2.17. The van der Waals surface area contributed by atoms with Crippen LogP contribution in [0.4, 0.5) is 0 Å². The van der Waals surface area contributed by atoms with Crippen molar-refractivity contribution in [2.75, 3.05) is 0 Å². The number of rotatable bonds is 4. The topological polar surface area (TPSA) is 28.7 Å². The SMILES string of the molecule is CC(C)C(C)c1nc(C(C)(C)C)c(C(C)C(C)C)[nH]1. The highest BCUT2D eigenvalue weighted by atomic mass is 15.0. The third-order valence-corrected chi connectivity index (χ3v) is 4.35. The van der Waals surface area contributed by atoms with Crippen LogP contribution >= 0.6 is 0 Å². The van der Waals surface area contributed by atoms with Gasteiger partial charge in [-0.2, -0.15) is 0 Å². The summed E-state index contributed by atoms with van der Waals surface area (Å²) in [5.41, 5.74) is 2.69. The summed E-state index contributed by atoms with van der Waals surface area (Å²) in [5, 5.41) is 0. The lowest BCUT2D eigenvalue weighted by atomic mass is 9.84. The van der Waals surface area contributed by atoms with E-state index in [2.05, 4.69) is 67.3 Å². The first kappa shape index (κ1) is 16.3. The molecule has 0 radical (unpaired) electrons. The quantitative estimate of drug-likeness (QED) is 0.793. The lowest BCUT2D eigenvalue weighted by molar-refractivity contribution is 0.496. The van der Waals surface area contributed by atoms with E-state index in [4.69, 9.17) is 4.98 Å². The second kappa shape index (κ2) is 5.68. The molecule has 0 aromatic carbocycles. The van der Waals surface area contributed by atoms with Gasteiger partial charge < -0.3 is 4.98 Å². The molecule has 1 aromatic heterocycles. The van der Waals surface area contributed by atoms with Gasteiger partial charge >= 0.3 is 0 Å². The predicted octanol–water partition coefficient (Wildman–Crippen LogP) is 5.23. The highest BCUT2D eigenvalue weighted by Gasteiger charge is 2.28. The molecule has 2 atom stereocenters. The molecule has 0 bridgehead atoms. The van der Waals surface area contributed by atoms with Crippen LogP contribution in [0.25, 0.3) is 0 Å². The number of imidazole rings is 1.